The zero-order valence-corrected chi connectivity index (χ0v) is 14.0. The highest BCUT2D eigenvalue weighted by Crippen LogP contribution is 2.26. The minimum atomic E-state index is -0.514. The highest BCUT2D eigenvalue weighted by Gasteiger charge is 2.33. The van der Waals surface area contributed by atoms with E-state index in [0.29, 0.717) is 37.1 Å². The van der Waals surface area contributed by atoms with Crippen LogP contribution in [0.5, 0.6) is 0 Å². The van der Waals surface area contributed by atoms with E-state index in [9.17, 15) is 9.59 Å². The average Bonchev–Trinajstić information content (AvgIpc) is 3.27. The molecule has 1 unspecified atom stereocenters. The molecular formula is C16H22N2O4S. The fourth-order valence-electron chi connectivity index (χ4n) is 3.05. The van der Waals surface area contributed by atoms with Gasteiger partial charge in [0.25, 0.3) is 5.91 Å². The number of hydrogen-bond acceptors (Lipinski definition) is 5. The van der Waals surface area contributed by atoms with Gasteiger partial charge in [0.15, 0.2) is 6.29 Å². The lowest BCUT2D eigenvalue weighted by atomic mass is 9.96. The first-order valence-corrected chi connectivity index (χ1v) is 8.89. The topological polar surface area (TPSA) is 67.9 Å². The molecule has 3 rings (SSSR count). The summed E-state index contributed by atoms with van der Waals surface area (Å²) in [6, 6.07) is 3.06. The first kappa shape index (κ1) is 16.4. The standard InChI is InChI=1S/C16H22N2O4S/c1-11(17-14(19)13-3-2-10-23-13)15(20)18-6-4-12(5-7-18)16-21-8-9-22-16/h2-3,10-12,16H,4-9H2,1H3,(H,17,19). The monoisotopic (exact) mass is 338 g/mol. The second-order valence-electron chi connectivity index (χ2n) is 5.95. The van der Waals surface area contributed by atoms with Gasteiger partial charge in [0, 0.05) is 19.0 Å². The van der Waals surface area contributed by atoms with E-state index >= 15 is 0 Å². The molecule has 1 aromatic heterocycles. The molecule has 1 N–H and O–H groups in total. The van der Waals surface area contributed by atoms with Crippen LogP contribution >= 0.6 is 11.3 Å². The SMILES string of the molecule is CC(NC(=O)c1cccs1)C(=O)N1CCC(C2OCCO2)CC1. The van der Waals surface area contributed by atoms with Crippen LogP contribution in [0, 0.1) is 5.92 Å². The molecular weight excluding hydrogens is 316 g/mol. The summed E-state index contributed by atoms with van der Waals surface area (Å²) in [4.78, 5) is 27.0. The smallest absolute Gasteiger partial charge is 0.261 e. The van der Waals surface area contributed by atoms with Gasteiger partial charge in [-0.1, -0.05) is 6.07 Å². The summed E-state index contributed by atoms with van der Waals surface area (Å²) in [6.45, 7) is 4.44. The number of ether oxygens (including phenoxy) is 2. The minimum Gasteiger partial charge on any atom is -0.350 e. The fraction of sp³-hybridized carbons (Fsp3) is 0.625. The van der Waals surface area contributed by atoms with E-state index in [4.69, 9.17) is 9.47 Å². The molecule has 2 fully saturated rings. The van der Waals surface area contributed by atoms with Crippen molar-refractivity contribution in [2.75, 3.05) is 26.3 Å². The Balaban J connectivity index is 1.47. The average molecular weight is 338 g/mol. The molecule has 0 aliphatic carbocycles. The van der Waals surface area contributed by atoms with Crippen molar-refractivity contribution in [2.24, 2.45) is 5.92 Å². The van der Waals surface area contributed by atoms with Crippen LogP contribution in [0.4, 0.5) is 0 Å². The molecule has 0 spiro atoms. The minimum absolute atomic E-state index is 0.0263. The van der Waals surface area contributed by atoms with E-state index in [1.54, 1.807) is 13.0 Å². The Hall–Kier alpha value is -1.44. The lowest BCUT2D eigenvalue weighted by molar-refractivity contribution is -0.138. The van der Waals surface area contributed by atoms with Crippen LogP contribution in [-0.4, -0.2) is 55.3 Å². The lowest BCUT2D eigenvalue weighted by Crippen LogP contribution is -2.50. The number of nitrogens with one attached hydrogen (secondary N) is 1. The number of rotatable bonds is 4. The van der Waals surface area contributed by atoms with Gasteiger partial charge in [-0.25, -0.2) is 0 Å². The highest BCUT2D eigenvalue weighted by molar-refractivity contribution is 7.12. The summed E-state index contributed by atoms with van der Waals surface area (Å²) in [5.74, 6) is 0.141. The molecule has 6 nitrogen and oxygen atoms in total. The van der Waals surface area contributed by atoms with Crippen molar-refractivity contribution >= 4 is 23.2 Å². The Morgan fingerprint density at radius 1 is 1.30 bits per heavy atom. The van der Waals surface area contributed by atoms with E-state index in [0.717, 1.165) is 12.8 Å². The maximum Gasteiger partial charge on any atom is 0.261 e. The summed E-state index contributed by atoms with van der Waals surface area (Å²) in [6.07, 6.45) is 1.65. The van der Waals surface area contributed by atoms with E-state index < -0.39 is 6.04 Å². The summed E-state index contributed by atoms with van der Waals surface area (Å²) in [5.41, 5.74) is 0. The Morgan fingerprint density at radius 2 is 2.00 bits per heavy atom. The molecule has 3 heterocycles. The van der Waals surface area contributed by atoms with Crippen molar-refractivity contribution in [3.63, 3.8) is 0 Å². The predicted molar refractivity (Wildman–Crippen MR) is 86.2 cm³/mol. The van der Waals surface area contributed by atoms with Crippen molar-refractivity contribution in [2.45, 2.75) is 32.1 Å². The number of nitrogens with zero attached hydrogens (tertiary/aromatic N) is 1. The molecule has 0 radical (unpaired) electrons. The number of hydrogen-bond donors (Lipinski definition) is 1. The summed E-state index contributed by atoms with van der Waals surface area (Å²) in [5, 5.41) is 4.62. The highest BCUT2D eigenvalue weighted by atomic mass is 32.1. The lowest BCUT2D eigenvalue weighted by Gasteiger charge is -2.35. The van der Waals surface area contributed by atoms with Crippen molar-refractivity contribution in [3.8, 4) is 0 Å². The second kappa shape index (κ2) is 7.42. The van der Waals surface area contributed by atoms with Crippen molar-refractivity contribution in [3.05, 3.63) is 22.4 Å². The van der Waals surface area contributed by atoms with Crippen LogP contribution in [0.2, 0.25) is 0 Å². The largest absolute Gasteiger partial charge is 0.350 e. The summed E-state index contributed by atoms with van der Waals surface area (Å²) >= 11 is 1.37. The molecule has 0 bridgehead atoms. The third kappa shape index (κ3) is 3.91. The third-order valence-electron chi connectivity index (χ3n) is 4.35. The number of piperidine rings is 1. The van der Waals surface area contributed by atoms with Gasteiger partial charge in [0.2, 0.25) is 5.91 Å². The van der Waals surface area contributed by atoms with Crippen molar-refractivity contribution in [1.29, 1.82) is 0 Å². The van der Waals surface area contributed by atoms with E-state index in [2.05, 4.69) is 5.32 Å². The van der Waals surface area contributed by atoms with Gasteiger partial charge in [-0.05, 0) is 31.2 Å². The molecule has 0 aromatic carbocycles. The van der Waals surface area contributed by atoms with Gasteiger partial charge in [0.1, 0.15) is 6.04 Å². The predicted octanol–water partition coefficient (Wildman–Crippen LogP) is 1.48. The van der Waals surface area contributed by atoms with Gasteiger partial charge in [-0.3, -0.25) is 9.59 Å². The molecule has 7 heteroatoms. The molecule has 2 aliphatic heterocycles. The van der Waals surface area contributed by atoms with Gasteiger partial charge >= 0.3 is 0 Å². The van der Waals surface area contributed by atoms with Gasteiger partial charge in [0.05, 0.1) is 18.1 Å². The van der Waals surface area contributed by atoms with Crippen LogP contribution in [0.3, 0.4) is 0 Å². The van der Waals surface area contributed by atoms with Crippen LogP contribution in [0.15, 0.2) is 17.5 Å². The first-order valence-electron chi connectivity index (χ1n) is 8.01. The van der Waals surface area contributed by atoms with Crippen LogP contribution in [-0.2, 0) is 14.3 Å². The maximum absolute atomic E-state index is 12.5. The fourth-order valence-corrected chi connectivity index (χ4v) is 3.68. The van der Waals surface area contributed by atoms with Crippen LogP contribution in [0.25, 0.3) is 0 Å². The zero-order valence-electron chi connectivity index (χ0n) is 13.2. The molecule has 2 saturated heterocycles. The van der Waals surface area contributed by atoms with Gasteiger partial charge < -0.3 is 19.7 Å². The molecule has 2 aliphatic rings. The third-order valence-corrected chi connectivity index (χ3v) is 5.22. The van der Waals surface area contributed by atoms with E-state index in [1.165, 1.54) is 11.3 Å². The molecule has 2 amide bonds. The Labute approximate surface area is 139 Å². The van der Waals surface area contributed by atoms with Crippen molar-refractivity contribution in [1.82, 2.24) is 10.2 Å². The summed E-state index contributed by atoms with van der Waals surface area (Å²) < 4.78 is 11.1. The Morgan fingerprint density at radius 3 is 2.61 bits per heavy atom. The van der Waals surface area contributed by atoms with Gasteiger partial charge in [-0.15, -0.1) is 11.3 Å². The molecule has 23 heavy (non-hydrogen) atoms. The molecule has 1 aromatic rings. The number of carbonyl (C=O) groups is 2. The number of carbonyl (C=O) groups excluding carboxylic acids is 2. The first-order chi connectivity index (χ1) is 11.1. The second-order valence-corrected chi connectivity index (χ2v) is 6.89. The molecule has 1 atom stereocenters. The van der Waals surface area contributed by atoms with Crippen molar-refractivity contribution < 1.29 is 19.1 Å². The van der Waals surface area contributed by atoms with Crippen LogP contribution in [0.1, 0.15) is 29.4 Å². The number of likely N-dealkylation sites (tertiary alicyclic amines) is 1. The maximum atomic E-state index is 12.5. The summed E-state index contributed by atoms with van der Waals surface area (Å²) in [7, 11) is 0. The van der Waals surface area contributed by atoms with E-state index in [1.807, 2.05) is 16.3 Å². The van der Waals surface area contributed by atoms with Crippen LogP contribution < -0.4 is 5.32 Å². The molecule has 0 saturated carbocycles. The number of amides is 2. The zero-order chi connectivity index (χ0) is 16.2. The Kier molecular flexibility index (Phi) is 5.30. The normalized spacial score (nSPS) is 21.3. The number of thiophene rings is 1. The Bertz CT molecular complexity index is 534. The van der Waals surface area contributed by atoms with E-state index in [-0.39, 0.29) is 18.1 Å². The molecule has 126 valence electrons. The quantitative estimate of drug-likeness (QED) is 0.903. The van der Waals surface area contributed by atoms with Gasteiger partial charge in [-0.2, -0.15) is 0 Å².